The molecule has 0 fully saturated rings. The lowest BCUT2D eigenvalue weighted by Gasteiger charge is -2.29. The topological polar surface area (TPSA) is 76.7 Å². The molecule has 1 heterocycles. The van der Waals surface area contributed by atoms with Gasteiger partial charge in [-0.25, -0.2) is 9.59 Å². The largest absolute Gasteiger partial charge is 0.496 e. The molecule has 0 saturated heterocycles. The summed E-state index contributed by atoms with van der Waals surface area (Å²) in [5.74, 6) is 0.101. The summed E-state index contributed by atoms with van der Waals surface area (Å²) in [6.45, 7) is 3.66. The average molecular weight is 369 g/mol. The van der Waals surface area contributed by atoms with Crippen LogP contribution in [0.5, 0.6) is 5.75 Å². The monoisotopic (exact) mass is 368 g/mol. The van der Waals surface area contributed by atoms with Gasteiger partial charge in [-0.15, -0.1) is 0 Å². The molecular weight excluding hydrogens is 352 g/mol. The van der Waals surface area contributed by atoms with Crippen LogP contribution in [0, 0.1) is 0 Å². The van der Waals surface area contributed by atoms with E-state index in [4.69, 9.17) is 9.47 Å². The van der Waals surface area contributed by atoms with E-state index in [1.807, 2.05) is 12.1 Å². The average Bonchev–Trinajstić information content (AvgIpc) is 2.46. The van der Waals surface area contributed by atoms with Crippen molar-refractivity contribution in [3.05, 3.63) is 39.5 Å². The summed E-state index contributed by atoms with van der Waals surface area (Å²) in [6.07, 6.45) is 0. The zero-order chi connectivity index (χ0) is 16.3. The second-order valence-electron chi connectivity index (χ2n) is 4.68. The summed E-state index contributed by atoms with van der Waals surface area (Å²) in [5, 5.41) is 5.34. The number of amides is 2. The zero-order valence-electron chi connectivity index (χ0n) is 12.5. The standard InChI is InChI=1S/C15H17BrN2O4/c1-4-22-14(19)12-8(2)17-15(20)18-13(12)10-7-9(16)5-6-11(10)21-3/h5-7,13H,4H2,1-3H3,(H2,17,18,20)/t13-/m0/s1. The smallest absolute Gasteiger partial charge is 0.338 e. The van der Waals surface area contributed by atoms with E-state index in [1.54, 1.807) is 19.9 Å². The maximum atomic E-state index is 12.3. The van der Waals surface area contributed by atoms with Crippen molar-refractivity contribution < 1.29 is 19.1 Å². The minimum Gasteiger partial charge on any atom is -0.496 e. The fourth-order valence-corrected chi connectivity index (χ4v) is 2.72. The molecule has 118 valence electrons. The van der Waals surface area contributed by atoms with Crippen molar-refractivity contribution in [1.82, 2.24) is 10.6 Å². The molecule has 0 unspecified atom stereocenters. The zero-order valence-corrected chi connectivity index (χ0v) is 14.1. The molecule has 0 spiro atoms. The Morgan fingerprint density at radius 2 is 2.14 bits per heavy atom. The van der Waals surface area contributed by atoms with Crippen LogP contribution >= 0.6 is 15.9 Å². The number of methoxy groups -OCH3 is 1. The van der Waals surface area contributed by atoms with E-state index in [-0.39, 0.29) is 12.6 Å². The van der Waals surface area contributed by atoms with Crippen LogP contribution in [0.3, 0.4) is 0 Å². The summed E-state index contributed by atoms with van der Waals surface area (Å²) < 4.78 is 11.3. The molecule has 0 radical (unpaired) electrons. The Morgan fingerprint density at radius 3 is 2.77 bits per heavy atom. The molecule has 2 amide bonds. The summed E-state index contributed by atoms with van der Waals surface area (Å²) in [7, 11) is 1.54. The van der Waals surface area contributed by atoms with Gasteiger partial charge < -0.3 is 20.1 Å². The Balaban J connectivity index is 2.55. The number of carbonyl (C=O) groups is 2. The lowest BCUT2D eigenvalue weighted by molar-refractivity contribution is -0.139. The Labute approximate surface area is 137 Å². The van der Waals surface area contributed by atoms with Crippen molar-refractivity contribution in [3.8, 4) is 5.75 Å². The maximum Gasteiger partial charge on any atom is 0.338 e. The van der Waals surface area contributed by atoms with Crippen LogP contribution in [-0.4, -0.2) is 25.7 Å². The molecule has 0 aromatic heterocycles. The third kappa shape index (κ3) is 3.24. The van der Waals surface area contributed by atoms with Gasteiger partial charge in [0.2, 0.25) is 0 Å². The van der Waals surface area contributed by atoms with E-state index in [2.05, 4.69) is 26.6 Å². The van der Waals surface area contributed by atoms with Crippen LogP contribution in [0.2, 0.25) is 0 Å². The first-order valence-corrected chi connectivity index (χ1v) is 7.56. The molecule has 1 atom stereocenters. The molecule has 2 N–H and O–H groups in total. The van der Waals surface area contributed by atoms with E-state index in [0.29, 0.717) is 22.6 Å². The van der Waals surface area contributed by atoms with Gasteiger partial charge in [-0.3, -0.25) is 0 Å². The first-order chi connectivity index (χ1) is 10.5. The molecule has 1 aliphatic rings. The molecular formula is C15H17BrN2O4. The van der Waals surface area contributed by atoms with Gasteiger partial charge in [0.1, 0.15) is 5.75 Å². The Bertz CT molecular complexity index is 642. The number of carbonyl (C=O) groups excluding carboxylic acids is 2. The fourth-order valence-electron chi connectivity index (χ4n) is 2.34. The highest BCUT2D eigenvalue weighted by Crippen LogP contribution is 2.35. The predicted molar refractivity (Wildman–Crippen MR) is 84.4 cm³/mol. The number of esters is 1. The van der Waals surface area contributed by atoms with E-state index in [0.717, 1.165) is 4.47 Å². The van der Waals surface area contributed by atoms with Gasteiger partial charge in [0.25, 0.3) is 0 Å². The van der Waals surface area contributed by atoms with Crippen molar-refractivity contribution in [3.63, 3.8) is 0 Å². The minimum absolute atomic E-state index is 0.256. The van der Waals surface area contributed by atoms with E-state index in [9.17, 15) is 9.59 Å². The van der Waals surface area contributed by atoms with Crippen molar-refractivity contribution in [2.24, 2.45) is 0 Å². The number of halogens is 1. The highest BCUT2D eigenvalue weighted by atomic mass is 79.9. The molecule has 1 aromatic carbocycles. The SMILES string of the molecule is CCOC(=O)C1=C(C)NC(=O)N[C@H]1c1cc(Br)ccc1OC. The van der Waals surface area contributed by atoms with Gasteiger partial charge in [-0.2, -0.15) is 0 Å². The number of urea groups is 1. The normalized spacial score (nSPS) is 17.6. The molecule has 1 aromatic rings. The lowest BCUT2D eigenvalue weighted by Crippen LogP contribution is -2.45. The van der Waals surface area contributed by atoms with E-state index >= 15 is 0 Å². The molecule has 7 heteroatoms. The molecule has 22 heavy (non-hydrogen) atoms. The number of ether oxygens (including phenoxy) is 2. The molecule has 6 nitrogen and oxygen atoms in total. The van der Waals surface area contributed by atoms with Crippen LogP contribution in [0.15, 0.2) is 33.9 Å². The van der Waals surface area contributed by atoms with Crippen LogP contribution < -0.4 is 15.4 Å². The highest BCUT2D eigenvalue weighted by Gasteiger charge is 2.33. The van der Waals surface area contributed by atoms with Crippen molar-refractivity contribution in [2.45, 2.75) is 19.9 Å². The molecule has 1 aliphatic heterocycles. The number of hydrogen-bond acceptors (Lipinski definition) is 4. The van der Waals surface area contributed by atoms with Gasteiger partial charge in [-0.05, 0) is 32.0 Å². The maximum absolute atomic E-state index is 12.3. The van der Waals surface area contributed by atoms with Gasteiger partial charge in [-0.1, -0.05) is 15.9 Å². The van der Waals surface area contributed by atoms with Crippen molar-refractivity contribution in [2.75, 3.05) is 13.7 Å². The summed E-state index contributed by atoms with van der Waals surface area (Å²) in [4.78, 5) is 24.1. The second kappa shape index (κ2) is 6.83. The van der Waals surface area contributed by atoms with Crippen LogP contribution in [0.4, 0.5) is 4.79 Å². The van der Waals surface area contributed by atoms with Gasteiger partial charge in [0.15, 0.2) is 0 Å². The highest BCUT2D eigenvalue weighted by molar-refractivity contribution is 9.10. The quantitative estimate of drug-likeness (QED) is 0.800. The number of nitrogens with one attached hydrogen (secondary N) is 2. The van der Waals surface area contributed by atoms with Crippen molar-refractivity contribution in [1.29, 1.82) is 0 Å². The van der Waals surface area contributed by atoms with Crippen molar-refractivity contribution >= 4 is 27.9 Å². The summed E-state index contributed by atoms with van der Waals surface area (Å²) in [5.41, 5.74) is 1.50. The molecule has 0 saturated carbocycles. The Hall–Kier alpha value is -2.02. The van der Waals surface area contributed by atoms with E-state index < -0.39 is 12.0 Å². The number of allylic oxidation sites excluding steroid dienone is 1. The second-order valence-corrected chi connectivity index (χ2v) is 5.59. The molecule has 0 bridgehead atoms. The number of hydrogen-bond donors (Lipinski definition) is 2. The third-order valence-electron chi connectivity index (χ3n) is 3.27. The summed E-state index contributed by atoms with van der Waals surface area (Å²) in [6, 6.07) is 4.39. The molecule has 2 rings (SSSR count). The van der Waals surface area contributed by atoms with Crippen LogP contribution in [-0.2, 0) is 9.53 Å². The first-order valence-electron chi connectivity index (χ1n) is 6.76. The minimum atomic E-state index is -0.639. The van der Waals surface area contributed by atoms with Crippen LogP contribution in [0.25, 0.3) is 0 Å². The molecule has 0 aliphatic carbocycles. The van der Waals surface area contributed by atoms with Gasteiger partial charge in [0, 0.05) is 15.7 Å². The Morgan fingerprint density at radius 1 is 1.41 bits per heavy atom. The fraction of sp³-hybridized carbons (Fsp3) is 0.333. The van der Waals surface area contributed by atoms with Crippen LogP contribution in [0.1, 0.15) is 25.5 Å². The first kappa shape index (κ1) is 16.4. The van der Waals surface area contributed by atoms with E-state index in [1.165, 1.54) is 7.11 Å². The Kier molecular flexibility index (Phi) is 5.07. The third-order valence-corrected chi connectivity index (χ3v) is 3.76. The number of rotatable bonds is 4. The summed E-state index contributed by atoms with van der Waals surface area (Å²) >= 11 is 3.39. The lowest BCUT2D eigenvalue weighted by atomic mass is 9.95. The van der Waals surface area contributed by atoms with Gasteiger partial charge >= 0.3 is 12.0 Å². The van der Waals surface area contributed by atoms with Gasteiger partial charge in [0.05, 0.1) is 25.3 Å². The number of benzene rings is 1. The predicted octanol–water partition coefficient (Wildman–Crippen LogP) is 2.65.